The highest BCUT2D eigenvalue weighted by atomic mass is 16.6. The number of benzene rings is 1. The molecule has 0 amide bonds. The average molecular weight is 471 g/mol. The lowest BCUT2D eigenvalue weighted by molar-refractivity contribution is -0.142. The summed E-state index contributed by atoms with van der Waals surface area (Å²) < 4.78 is 15.1. The van der Waals surface area contributed by atoms with Gasteiger partial charge in [0.15, 0.2) is 0 Å². The number of aromatic nitrogens is 3. The number of nitrogens with zero attached hydrogens (tertiary/aromatic N) is 3. The molecule has 182 valence electrons. The van der Waals surface area contributed by atoms with Crippen molar-refractivity contribution < 1.29 is 24.5 Å². The van der Waals surface area contributed by atoms with E-state index in [0.29, 0.717) is 37.8 Å². The minimum Gasteiger partial charge on any atom is -0.480 e. The van der Waals surface area contributed by atoms with Gasteiger partial charge in [0, 0.05) is 30.9 Å². The molecule has 1 saturated heterocycles. The van der Waals surface area contributed by atoms with Crippen LogP contribution >= 0.6 is 0 Å². The van der Waals surface area contributed by atoms with Crippen molar-refractivity contribution >= 4 is 17.0 Å². The molecule has 0 spiro atoms. The topological polar surface area (TPSA) is 128 Å². The fourth-order valence-electron chi connectivity index (χ4n) is 4.23. The summed E-state index contributed by atoms with van der Waals surface area (Å²) in [5.41, 5.74) is 3.84. The predicted octanol–water partition coefficient (Wildman–Crippen LogP) is 1.05. The summed E-state index contributed by atoms with van der Waals surface area (Å²) >= 11 is 0. The number of fused-ring (bicyclic) bond motifs is 1. The van der Waals surface area contributed by atoms with E-state index in [1.54, 1.807) is 24.7 Å². The Bertz CT molecular complexity index is 1220. The molecule has 0 aliphatic carbocycles. The molecular formula is C24H30N4O6. The molecule has 1 unspecified atom stereocenters. The molecule has 34 heavy (non-hydrogen) atoms. The summed E-state index contributed by atoms with van der Waals surface area (Å²) in [4.78, 5) is 28.5. The molecule has 0 bridgehead atoms. The van der Waals surface area contributed by atoms with E-state index in [1.807, 2.05) is 24.3 Å². The van der Waals surface area contributed by atoms with Crippen molar-refractivity contribution in [2.75, 3.05) is 19.8 Å². The lowest BCUT2D eigenvalue weighted by Gasteiger charge is -2.24. The number of aliphatic hydroxyl groups is 1. The number of carbonyl (C=O) groups is 1. The monoisotopic (exact) mass is 470 g/mol. The molecule has 10 nitrogen and oxygen atoms in total. The van der Waals surface area contributed by atoms with Gasteiger partial charge in [0.1, 0.15) is 11.9 Å². The quantitative estimate of drug-likeness (QED) is 0.446. The number of aliphatic carboxylic acids is 1. The molecular weight excluding hydrogens is 440 g/mol. The van der Waals surface area contributed by atoms with Crippen molar-refractivity contribution in [3.8, 4) is 11.4 Å². The number of ether oxygens (including phenoxy) is 2. The highest BCUT2D eigenvalue weighted by Gasteiger charge is 2.23. The second kappa shape index (κ2) is 10.1. The van der Waals surface area contributed by atoms with E-state index >= 15 is 0 Å². The molecule has 3 heterocycles. The van der Waals surface area contributed by atoms with Crippen molar-refractivity contribution in [3.05, 3.63) is 51.9 Å². The standard InChI is InChI=1S/C24H30N4O6/c1-14-8-17(11-27(3)23(14)30)22-26-19-9-16(10-25-21(15(2)29)24(31)32)4-5-20(19)28(22)12-18-13-33-6-7-34-18/h4-5,8-9,11,15,18,21,25,29H,6-7,10,12-13H2,1-3H3,(H,31,32)/t15-,18?,21+/m1/s1. The largest absolute Gasteiger partial charge is 0.480 e. The third-order valence-corrected chi connectivity index (χ3v) is 5.98. The maximum Gasteiger partial charge on any atom is 0.323 e. The Kier molecular flexibility index (Phi) is 7.13. The smallest absolute Gasteiger partial charge is 0.323 e. The third-order valence-electron chi connectivity index (χ3n) is 5.98. The van der Waals surface area contributed by atoms with E-state index in [4.69, 9.17) is 14.5 Å². The predicted molar refractivity (Wildman–Crippen MR) is 126 cm³/mol. The van der Waals surface area contributed by atoms with Gasteiger partial charge in [0.25, 0.3) is 5.56 Å². The third kappa shape index (κ3) is 5.05. The number of carboxylic acids is 1. The SMILES string of the molecule is Cc1cc(-c2nc3cc(CN[C@H](C(=O)O)[C@@H](C)O)ccc3n2CC2COCCO2)cn(C)c1=O. The van der Waals surface area contributed by atoms with Crippen LogP contribution in [-0.4, -0.2) is 68.4 Å². The summed E-state index contributed by atoms with van der Waals surface area (Å²) in [7, 11) is 1.72. The van der Waals surface area contributed by atoms with Gasteiger partial charge in [0.05, 0.1) is 49.6 Å². The first-order chi connectivity index (χ1) is 16.2. The Morgan fingerprint density at radius 2 is 2.12 bits per heavy atom. The zero-order chi connectivity index (χ0) is 24.4. The molecule has 1 aliphatic rings. The molecule has 2 aromatic heterocycles. The van der Waals surface area contributed by atoms with E-state index < -0.39 is 18.1 Å². The van der Waals surface area contributed by atoms with E-state index in [0.717, 1.165) is 22.2 Å². The van der Waals surface area contributed by atoms with Crippen molar-refractivity contribution in [1.29, 1.82) is 0 Å². The fourth-order valence-corrected chi connectivity index (χ4v) is 4.23. The van der Waals surface area contributed by atoms with Gasteiger partial charge in [-0.3, -0.25) is 14.9 Å². The van der Waals surface area contributed by atoms with Crippen molar-refractivity contribution in [2.45, 2.75) is 45.2 Å². The fraction of sp³-hybridized carbons (Fsp3) is 0.458. The Morgan fingerprint density at radius 3 is 2.76 bits per heavy atom. The maximum atomic E-state index is 12.2. The van der Waals surface area contributed by atoms with E-state index in [2.05, 4.69) is 9.88 Å². The van der Waals surface area contributed by atoms with Crippen LogP contribution in [-0.2, 0) is 34.4 Å². The van der Waals surface area contributed by atoms with Crippen LogP contribution in [0.5, 0.6) is 0 Å². The molecule has 0 saturated carbocycles. The van der Waals surface area contributed by atoms with Crippen LogP contribution < -0.4 is 10.9 Å². The zero-order valence-corrected chi connectivity index (χ0v) is 19.5. The molecule has 3 aromatic rings. The Balaban J connectivity index is 1.72. The van der Waals surface area contributed by atoms with E-state index in [9.17, 15) is 19.8 Å². The molecule has 1 aliphatic heterocycles. The van der Waals surface area contributed by atoms with Crippen LogP contribution in [0.4, 0.5) is 0 Å². The van der Waals surface area contributed by atoms with Crippen LogP contribution in [0.25, 0.3) is 22.4 Å². The normalized spacial score (nSPS) is 18.2. The summed E-state index contributed by atoms with van der Waals surface area (Å²) in [6, 6.07) is 6.51. The first-order valence-corrected chi connectivity index (χ1v) is 11.2. The van der Waals surface area contributed by atoms with Gasteiger partial charge in [0.2, 0.25) is 0 Å². The number of aryl methyl sites for hydroxylation is 2. The number of aliphatic hydroxyl groups excluding tert-OH is 1. The van der Waals surface area contributed by atoms with Crippen LogP contribution in [0.15, 0.2) is 35.3 Å². The zero-order valence-electron chi connectivity index (χ0n) is 19.5. The lowest BCUT2D eigenvalue weighted by atomic mass is 10.1. The van der Waals surface area contributed by atoms with Crippen molar-refractivity contribution in [1.82, 2.24) is 19.4 Å². The minimum atomic E-state index is -1.11. The molecule has 0 radical (unpaired) electrons. The number of rotatable bonds is 8. The van der Waals surface area contributed by atoms with E-state index in [-0.39, 0.29) is 18.2 Å². The molecule has 10 heteroatoms. The summed E-state index contributed by atoms with van der Waals surface area (Å²) in [6.45, 7) is 5.62. The number of nitrogens with one attached hydrogen (secondary N) is 1. The summed E-state index contributed by atoms with van der Waals surface area (Å²) in [6.07, 6.45) is 0.619. The summed E-state index contributed by atoms with van der Waals surface area (Å²) in [5.74, 6) is -0.400. The number of imidazole rings is 1. The molecule has 1 fully saturated rings. The molecule has 4 rings (SSSR count). The lowest BCUT2D eigenvalue weighted by Crippen LogP contribution is -2.44. The van der Waals surface area contributed by atoms with Gasteiger partial charge < -0.3 is 28.8 Å². The second-order valence-electron chi connectivity index (χ2n) is 8.70. The number of hydrogen-bond acceptors (Lipinski definition) is 7. The van der Waals surface area contributed by atoms with Crippen LogP contribution in [0.2, 0.25) is 0 Å². The number of hydrogen-bond donors (Lipinski definition) is 3. The molecule has 3 atom stereocenters. The van der Waals surface area contributed by atoms with Crippen molar-refractivity contribution in [2.24, 2.45) is 7.05 Å². The van der Waals surface area contributed by atoms with Gasteiger partial charge in [-0.1, -0.05) is 6.07 Å². The Hall–Kier alpha value is -3.05. The highest BCUT2D eigenvalue weighted by molar-refractivity contribution is 5.81. The van der Waals surface area contributed by atoms with Crippen LogP contribution in [0, 0.1) is 6.92 Å². The maximum absolute atomic E-state index is 12.2. The summed E-state index contributed by atoms with van der Waals surface area (Å²) in [5, 5.41) is 21.9. The Labute approximate surface area is 196 Å². The first-order valence-electron chi connectivity index (χ1n) is 11.2. The Morgan fingerprint density at radius 1 is 1.32 bits per heavy atom. The van der Waals surface area contributed by atoms with Crippen molar-refractivity contribution in [3.63, 3.8) is 0 Å². The van der Waals surface area contributed by atoms with E-state index in [1.165, 1.54) is 6.92 Å². The number of carboxylic acid groups (broad SMARTS) is 1. The molecule has 3 N–H and O–H groups in total. The van der Waals surface area contributed by atoms with Gasteiger partial charge in [-0.15, -0.1) is 0 Å². The number of pyridine rings is 1. The minimum absolute atomic E-state index is 0.0603. The van der Waals surface area contributed by atoms with Gasteiger partial charge >= 0.3 is 5.97 Å². The average Bonchev–Trinajstić information content (AvgIpc) is 3.15. The first kappa shape index (κ1) is 24.1. The van der Waals surface area contributed by atoms with Gasteiger partial charge in [-0.25, -0.2) is 4.98 Å². The second-order valence-corrected chi connectivity index (χ2v) is 8.70. The van der Waals surface area contributed by atoms with Crippen LogP contribution in [0.3, 0.4) is 0 Å². The van der Waals surface area contributed by atoms with Crippen LogP contribution in [0.1, 0.15) is 18.1 Å². The van der Waals surface area contributed by atoms with Gasteiger partial charge in [-0.05, 0) is 37.6 Å². The molecule has 1 aromatic carbocycles. The van der Waals surface area contributed by atoms with Gasteiger partial charge in [-0.2, -0.15) is 0 Å². The highest BCUT2D eigenvalue weighted by Crippen LogP contribution is 2.27.